The predicted octanol–water partition coefficient (Wildman–Crippen LogP) is 0.503. The van der Waals surface area contributed by atoms with Gasteiger partial charge in [0.2, 0.25) is 5.91 Å². The number of rotatable bonds is 3. The SMILES string of the molecule is NCCC(=O)NCC#Cc1ccccc1. The summed E-state index contributed by atoms with van der Waals surface area (Å²) in [6.07, 6.45) is 0.354. The Kier molecular flexibility index (Phi) is 4.99. The molecule has 0 saturated carbocycles. The van der Waals surface area contributed by atoms with Gasteiger partial charge < -0.3 is 11.1 Å². The Hall–Kier alpha value is -1.79. The van der Waals surface area contributed by atoms with Crippen molar-refractivity contribution < 1.29 is 4.79 Å². The van der Waals surface area contributed by atoms with Crippen molar-refractivity contribution in [3.8, 4) is 11.8 Å². The van der Waals surface area contributed by atoms with Gasteiger partial charge in [-0.05, 0) is 12.1 Å². The van der Waals surface area contributed by atoms with Gasteiger partial charge in [0, 0.05) is 18.5 Å². The van der Waals surface area contributed by atoms with Gasteiger partial charge in [-0.2, -0.15) is 0 Å². The van der Waals surface area contributed by atoms with Gasteiger partial charge in [-0.25, -0.2) is 0 Å². The largest absolute Gasteiger partial charge is 0.345 e. The second kappa shape index (κ2) is 6.63. The molecule has 0 saturated heterocycles. The molecule has 0 atom stereocenters. The summed E-state index contributed by atoms with van der Waals surface area (Å²) in [6.45, 7) is 0.742. The molecule has 0 aliphatic carbocycles. The van der Waals surface area contributed by atoms with Crippen LogP contribution in [0.4, 0.5) is 0 Å². The lowest BCUT2D eigenvalue weighted by atomic mass is 10.2. The number of carbonyl (C=O) groups excluding carboxylic acids is 1. The van der Waals surface area contributed by atoms with E-state index in [0.29, 0.717) is 19.5 Å². The number of amides is 1. The summed E-state index contributed by atoms with van der Waals surface area (Å²) in [5.74, 6) is 5.76. The maximum Gasteiger partial charge on any atom is 0.222 e. The van der Waals surface area contributed by atoms with E-state index in [2.05, 4.69) is 17.2 Å². The fourth-order valence-electron chi connectivity index (χ4n) is 1.03. The molecule has 0 heterocycles. The Morgan fingerprint density at radius 2 is 2.07 bits per heavy atom. The van der Waals surface area contributed by atoms with Crippen molar-refractivity contribution in [1.82, 2.24) is 5.32 Å². The Morgan fingerprint density at radius 3 is 2.73 bits per heavy atom. The zero-order valence-corrected chi connectivity index (χ0v) is 8.49. The van der Waals surface area contributed by atoms with Gasteiger partial charge in [0.05, 0.1) is 6.54 Å². The molecule has 0 aromatic heterocycles. The highest BCUT2D eigenvalue weighted by Crippen LogP contribution is 1.94. The van der Waals surface area contributed by atoms with Crippen LogP contribution in [0.3, 0.4) is 0 Å². The van der Waals surface area contributed by atoms with Crippen LogP contribution in [0.5, 0.6) is 0 Å². The summed E-state index contributed by atoms with van der Waals surface area (Å²) in [5.41, 5.74) is 6.18. The molecule has 0 aliphatic heterocycles. The summed E-state index contributed by atoms with van der Waals surface area (Å²) >= 11 is 0. The van der Waals surface area contributed by atoms with Crippen molar-refractivity contribution >= 4 is 5.91 Å². The Bertz CT molecular complexity index is 362. The number of benzene rings is 1. The Balaban J connectivity index is 2.32. The van der Waals surface area contributed by atoms with Crippen LogP contribution in [0.2, 0.25) is 0 Å². The molecule has 1 aromatic carbocycles. The van der Waals surface area contributed by atoms with Crippen LogP contribution in [0, 0.1) is 11.8 Å². The van der Waals surface area contributed by atoms with Crippen LogP contribution in [0.25, 0.3) is 0 Å². The molecule has 0 fully saturated rings. The second-order valence-corrected chi connectivity index (χ2v) is 2.98. The number of hydrogen-bond donors (Lipinski definition) is 2. The minimum Gasteiger partial charge on any atom is -0.345 e. The zero-order chi connectivity index (χ0) is 10.9. The molecule has 3 heteroatoms. The van der Waals surface area contributed by atoms with E-state index in [1.54, 1.807) is 0 Å². The summed E-state index contributed by atoms with van der Waals surface area (Å²) < 4.78 is 0. The summed E-state index contributed by atoms with van der Waals surface area (Å²) in [6, 6.07) is 9.64. The van der Waals surface area contributed by atoms with Gasteiger partial charge in [-0.3, -0.25) is 4.79 Å². The van der Waals surface area contributed by atoms with Crippen LogP contribution < -0.4 is 11.1 Å². The maximum atomic E-state index is 11.0. The molecule has 1 aromatic rings. The van der Waals surface area contributed by atoms with E-state index in [-0.39, 0.29) is 5.91 Å². The van der Waals surface area contributed by atoms with E-state index < -0.39 is 0 Å². The minimum absolute atomic E-state index is 0.0557. The molecule has 0 unspecified atom stereocenters. The van der Waals surface area contributed by atoms with Crippen molar-refractivity contribution in [2.45, 2.75) is 6.42 Å². The molecule has 0 bridgehead atoms. The molecule has 78 valence electrons. The first-order chi connectivity index (χ1) is 7.33. The lowest BCUT2D eigenvalue weighted by Crippen LogP contribution is -2.25. The second-order valence-electron chi connectivity index (χ2n) is 2.98. The molecule has 15 heavy (non-hydrogen) atoms. The third kappa shape index (κ3) is 4.84. The fraction of sp³-hybridized carbons (Fsp3) is 0.250. The van der Waals surface area contributed by atoms with Crippen molar-refractivity contribution in [3.63, 3.8) is 0 Å². The Labute approximate surface area is 89.7 Å². The molecule has 1 amide bonds. The first-order valence-electron chi connectivity index (χ1n) is 4.83. The highest BCUT2D eigenvalue weighted by molar-refractivity contribution is 5.76. The fourth-order valence-corrected chi connectivity index (χ4v) is 1.03. The van der Waals surface area contributed by atoms with Crippen LogP contribution in [0.15, 0.2) is 30.3 Å². The van der Waals surface area contributed by atoms with Gasteiger partial charge in [-0.15, -0.1) is 0 Å². The number of carbonyl (C=O) groups is 1. The third-order valence-electron chi connectivity index (χ3n) is 1.75. The van der Waals surface area contributed by atoms with Crippen molar-refractivity contribution in [2.75, 3.05) is 13.1 Å². The summed E-state index contributed by atoms with van der Waals surface area (Å²) in [4.78, 5) is 11.0. The van der Waals surface area contributed by atoms with Gasteiger partial charge >= 0.3 is 0 Å². The average Bonchev–Trinajstić information content (AvgIpc) is 2.26. The van der Waals surface area contributed by atoms with Crippen LogP contribution in [-0.4, -0.2) is 19.0 Å². The normalized spacial score (nSPS) is 8.87. The molecular formula is C12H14N2O. The molecule has 0 aliphatic rings. The lowest BCUT2D eigenvalue weighted by Gasteiger charge is -1.97. The maximum absolute atomic E-state index is 11.0. The Morgan fingerprint density at radius 1 is 1.33 bits per heavy atom. The van der Waals surface area contributed by atoms with Gasteiger partial charge in [0.15, 0.2) is 0 Å². The molecule has 3 nitrogen and oxygen atoms in total. The van der Waals surface area contributed by atoms with E-state index >= 15 is 0 Å². The quantitative estimate of drug-likeness (QED) is 0.701. The van der Waals surface area contributed by atoms with E-state index in [4.69, 9.17) is 5.73 Å². The first-order valence-corrected chi connectivity index (χ1v) is 4.83. The predicted molar refractivity (Wildman–Crippen MR) is 60.0 cm³/mol. The van der Waals surface area contributed by atoms with Gasteiger partial charge in [0.25, 0.3) is 0 Å². The van der Waals surface area contributed by atoms with E-state index in [1.807, 2.05) is 30.3 Å². The number of hydrogen-bond acceptors (Lipinski definition) is 2. The summed E-state index contributed by atoms with van der Waals surface area (Å²) in [7, 11) is 0. The monoisotopic (exact) mass is 202 g/mol. The van der Waals surface area contributed by atoms with Crippen LogP contribution in [-0.2, 0) is 4.79 Å². The standard InChI is InChI=1S/C12H14N2O/c13-9-8-12(15)14-10-4-7-11-5-2-1-3-6-11/h1-3,5-6H,8-10,13H2,(H,14,15). The molecule has 0 spiro atoms. The highest BCUT2D eigenvalue weighted by atomic mass is 16.1. The highest BCUT2D eigenvalue weighted by Gasteiger charge is 1.94. The molecule has 0 radical (unpaired) electrons. The van der Waals surface area contributed by atoms with Crippen molar-refractivity contribution in [1.29, 1.82) is 0 Å². The lowest BCUT2D eigenvalue weighted by molar-refractivity contribution is -0.120. The minimum atomic E-state index is -0.0557. The molecule has 3 N–H and O–H groups in total. The average molecular weight is 202 g/mol. The topological polar surface area (TPSA) is 55.1 Å². The third-order valence-corrected chi connectivity index (χ3v) is 1.75. The van der Waals surface area contributed by atoms with Crippen molar-refractivity contribution in [3.05, 3.63) is 35.9 Å². The van der Waals surface area contributed by atoms with Crippen molar-refractivity contribution in [2.24, 2.45) is 5.73 Å². The molecule has 1 rings (SSSR count). The smallest absolute Gasteiger partial charge is 0.222 e. The first kappa shape index (κ1) is 11.3. The van der Waals surface area contributed by atoms with E-state index in [0.717, 1.165) is 5.56 Å². The zero-order valence-electron chi connectivity index (χ0n) is 8.49. The van der Waals surface area contributed by atoms with E-state index in [1.165, 1.54) is 0 Å². The van der Waals surface area contributed by atoms with E-state index in [9.17, 15) is 4.79 Å². The molecular weight excluding hydrogens is 188 g/mol. The van der Waals surface area contributed by atoms with Gasteiger partial charge in [0.1, 0.15) is 0 Å². The number of nitrogens with one attached hydrogen (secondary N) is 1. The van der Waals surface area contributed by atoms with Crippen LogP contribution in [0.1, 0.15) is 12.0 Å². The summed E-state index contributed by atoms with van der Waals surface area (Å²) in [5, 5.41) is 2.66. The number of nitrogens with two attached hydrogens (primary N) is 1. The van der Waals surface area contributed by atoms with Crippen LogP contribution >= 0.6 is 0 Å². The van der Waals surface area contributed by atoms with Gasteiger partial charge in [-0.1, -0.05) is 30.0 Å².